The Kier molecular flexibility index (Phi) is 2.50. The maximum absolute atomic E-state index is 5.91. The summed E-state index contributed by atoms with van der Waals surface area (Å²) in [5, 5.41) is 0. The lowest BCUT2D eigenvalue weighted by atomic mass is 9.87. The molecule has 0 radical (unpaired) electrons. The van der Waals surface area contributed by atoms with Crippen LogP contribution in [0.2, 0.25) is 0 Å². The lowest BCUT2D eigenvalue weighted by Gasteiger charge is -2.48. The first kappa shape index (κ1) is 10.0. The van der Waals surface area contributed by atoms with Crippen LogP contribution >= 0.6 is 0 Å². The smallest absolute Gasteiger partial charge is 0.0914 e. The van der Waals surface area contributed by atoms with Crippen molar-refractivity contribution in [3.63, 3.8) is 0 Å². The van der Waals surface area contributed by atoms with Crippen molar-refractivity contribution in [2.45, 2.75) is 58.3 Å². The predicted octanol–water partition coefficient (Wildman–Crippen LogP) is 2.37. The molecular weight excluding hydrogens is 152 g/mol. The van der Waals surface area contributed by atoms with Crippen molar-refractivity contribution >= 4 is 0 Å². The first-order chi connectivity index (χ1) is 5.39. The van der Waals surface area contributed by atoms with Gasteiger partial charge in [-0.3, -0.25) is 0 Å². The molecule has 2 nitrogen and oxygen atoms in total. The summed E-state index contributed by atoms with van der Waals surface area (Å²) < 4.78 is 11.7. The van der Waals surface area contributed by atoms with Gasteiger partial charge in [-0.05, 0) is 34.1 Å². The molecule has 0 bridgehead atoms. The summed E-state index contributed by atoms with van der Waals surface area (Å²) in [7, 11) is 0. The molecule has 0 saturated carbocycles. The van der Waals surface area contributed by atoms with Gasteiger partial charge in [0, 0.05) is 0 Å². The third kappa shape index (κ3) is 1.64. The predicted molar refractivity (Wildman–Crippen MR) is 49.3 cm³/mol. The molecule has 1 unspecified atom stereocenters. The standard InChI is InChI=1S/C10H20O2/c1-6-8-7-11-9(2,3)10(4,5)12-8/h8H,6-7H2,1-5H3. The Morgan fingerprint density at radius 1 is 1.17 bits per heavy atom. The molecule has 0 aliphatic carbocycles. The van der Waals surface area contributed by atoms with Gasteiger partial charge in [0.1, 0.15) is 0 Å². The van der Waals surface area contributed by atoms with Crippen LogP contribution in [0.1, 0.15) is 41.0 Å². The lowest BCUT2D eigenvalue weighted by molar-refractivity contribution is -0.262. The van der Waals surface area contributed by atoms with Crippen molar-refractivity contribution in [3.8, 4) is 0 Å². The van der Waals surface area contributed by atoms with Gasteiger partial charge >= 0.3 is 0 Å². The van der Waals surface area contributed by atoms with Crippen molar-refractivity contribution < 1.29 is 9.47 Å². The molecule has 0 aromatic rings. The Balaban J connectivity index is 2.68. The first-order valence-electron chi connectivity index (χ1n) is 4.71. The maximum atomic E-state index is 5.91. The fourth-order valence-corrected chi connectivity index (χ4v) is 1.27. The van der Waals surface area contributed by atoms with E-state index in [-0.39, 0.29) is 17.3 Å². The molecule has 1 heterocycles. The van der Waals surface area contributed by atoms with Crippen molar-refractivity contribution in [2.24, 2.45) is 0 Å². The fourth-order valence-electron chi connectivity index (χ4n) is 1.27. The van der Waals surface area contributed by atoms with Crippen LogP contribution in [-0.4, -0.2) is 23.9 Å². The molecule has 0 aromatic carbocycles. The zero-order chi connectivity index (χ0) is 9.41. The highest BCUT2D eigenvalue weighted by Crippen LogP contribution is 2.34. The monoisotopic (exact) mass is 172 g/mol. The first-order valence-corrected chi connectivity index (χ1v) is 4.71. The van der Waals surface area contributed by atoms with Gasteiger partial charge in [-0.15, -0.1) is 0 Å². The lowest BCUT2D eigenvalue weighted by Crippen LogP contribution is -2.56. The van der Waals surface area contributed by atoms with Crippen molar-refractivity contribution in [1.82, 2.24) is 0 Å². The largest absolute Gasteiger partial charge is 0.370 e. The highest BCUT2D eigenvalue weighted by atomic mass is 16.6. The molecule has 1 aliphatic heterocycles. The molecule has 12 heavy (non-hydrogen) atoms. The van der Waals surface area contributed by atoms with E-state index in [9.17, 15) is 0 Å². The maximum Gasteiger partial charge on any atom is 0.0914 e. The minimum Gasteiger partial charge on any atom is -0.370 e. The van der Waals surface area contributed by atoms with E-state index in [0.29, 0.717) is 0 Å². The molecule has 0 spiro atoms. The molecule has 1 rings (SSSR count). The van der Waals surface area contributed by atoms with Crippen LogP contribution in [0.5, 0.6) is 0 Å². The molecule has 0 N–H and O–H groups in total. The highest BCUT2D eigenvalue weighted by molar-refractivity contribution is 4.93. The van der Waals surface area contributed by atoms with Gasteiger partial charge in [0.15, 0.2) is 0 Å². The van der Waals surface area contributed by atoms with Gasteiger partial charge in [0.05, 0.1) is 23.9 Å². The highest BCUT2D eigenvalue weighted by Gasteiger charge is 2.44. The Labute approximate surface area is 75.2 Å². The second-order valence-electron chi connectivity index (χ2n) is 4.48. The Hall–Kier alpha value is -0.0800. The average Bonchev–Trinajstić information content (AvgIpc) is 1.95. The second-order valence-corrected chi connectivity index (χ2v) is 4.48. The van der Waals surface area contributed by atoms with Gasteiger partial charge in [-0.1, -0.05) is 6.92 Å². The normalized spacial score (nSPS) is 33.2. The van der Waals surface area contributed by atoms with Crippen LogP contribution in [0.25, 0.3) is 0 Å². The molecule has 1 saturated heterocycles. The number of hydrogen-bond acceptors (Lipinski definition) is 2. The van der Waals surface area contributed by atoms with E-state index in [4.69, 9.17) is 9.47 Å². The average molecular weight is 172 g/mol. The fraction of sp³-hybridized carbons (Fsp3) is 1.00. The number of ether oxygens (including phenoxy) is 2. The molecule has 2 heteroatoms. The van der Waals surface area contributed by atoms with Crippen molar-refractivity contribution in [3.05, 3.63) is 0 Å². The minimum atomic E-state index is -0.175. The molecule has 1 fully saturated rings. The van der Waals surface area contributed by atoms with Gasteiger partial charge < -0.3 is 9.47 Å². The van der Waals surface area contributed by atoms with Gasteiger partial charge in [0.2, 0.25) is 0 Å². The number of hydrogen-bond donors (Lipinski definition) is 0. The second kappa shape index (κ2) is 3.00. The van der Waals surface area contributed by atoms with Gasteiger partial charge in [0.25, 0.3) is 0 Å². The van der Waals surface area contributed by atoms with E-state index >= 15 is 0 Å². The van der Waals surface area contributed by atoms with Crippen LogP contribution < -0.4 is 0 Å². The van der Waals surface area contributed by atoms with Crippen molar-refractivity contribution in [1.29, 1.82) is 0 Å². The summed E-state index contributed by atoms with van der Waals surface area (Å²) >= 11 is 0. The summed E-state index contributed by atoms with van der Waals surface area (Å²) in [6.07, 6.45) is 1.30. The Bertz CT molecular complexity index is 161. The van der Waals surface area contributed by atoms with E-state index in [0.717, 1.165) is 13.0 Å². The summed E-state index contributed by atoms with van der Waals surface area (Å²) in [6.45, 7) is 11.2. The van der Waals surface area contributed by atoms with E-state index < -0.39 is 0 Å². The zero-order valence-corrected chi connectivity index (χ0v) is 8.81. The summed E-state index contributed by atoms with van der Waals surface area (Å²) in [4.78, 5) is 0. The summed E-state index contributed by atoms with van der Waals surface area (Å²) in [6, 6.07) is 0. The summed E-state index contributed by atoms with van der Waals surface area (Å²) in [5.41, 5.74) is -0.343. The van der Waals surface area contributed by atoms with Gasteiger partial charge in [-0.25, -0.2) is 0 Å². The summed E-state index contributed by atoms with van der Waals surface area (Å²) in [5.74, 6) is 0. The minimum absolute atomic E-state index is 0.168. The SMILES string of the molecule is CCC1COC(C)(C)C(C)(C)O1. The topological polar surface area (TPSA) is 18.5 Å². The quantitative estimate of drug-likeness (QED) is 0.604. The van der Waals surface area contributed by atoms with E-state index in [1.807, 2.05) is 0 Å². The van der Waals surface area contributed by atoms with Crippen LogP contribution in [0.3, 0.4) is 0 Å². The van der Waals surface area contributed by atoms with Gasteiger partial charge in [-0.2, -0.15) is 0 Å². The van der Waals surface area contributed by atoms with Crippen LogP contribution in [0.4, 0.5) is 0 Å². The zero-order valence-electron chi connectivity index (χ0n) is 8.81. The number of rotatable bonds is 1. The third-order valence-electron chi connectivity index (χ3n) is 3.00. The van der Waals surface area contributed by atoms with Crippen LogP contribution in [-0.2, 0) is 9.47 Å². The molecule has 1 atom stereocenters. The molecule has 1 aliphatic rings. The molecule has 0 amide bonds. The van der Waals surface area contributed by atoms with E-state index in [1.54, 1.807) is 0 Å². The Morgan fingerprint density at radius 3 is 2.17 bits per heavy atom. The van der Waals surface area contributed by atoms with Crippen molar-refractivity contribution in [2.75, 3.05) is 6.61 Å². The molecular formula is C10H20O2. The molecule has 0 aromatic heterocycles. The van der Waals surface area contributed by atoms with Crippen LogP contribution in [0, 0.1) is 0 Å². The third-order valence-corrected chi connectivity index (χ3v) is 3.00. The van der Waals surface area contributed by atoms with E-state index in [1.165, 1.54) is 0 Å². The Morgan fingerprint density at radius 2 is 1.75 bits per heavy atom. The molecule has 72 valence electrons. The van der Waals surface area contributed by atoms with E-state index in [2.05, 4.69) is 34.6 Å². The van der Waals surface area contributed by atoms with Crippen LogP contribution in [0.15, 0.2) is 0 Å².